The number of carbonyl (C=O) groups is 1. The zero-order valence-corrected chi connectivity index (χ0v) is 19.5. The topological polar surface area (TPSA) is 89.1 Å². The van der Waals surface area contributed by atoms with Gasteiger partial charge in [0.15, 0.2) is 11.0 Å². The van der Waals surface area contributed by atoms with Crippen molar-refractivity contribution in [3.63, 3.8) is 0 Å². The normalized spacial score (nSPS) is 10.8. The van der Waals surface area contributed by atoms with E-state index < -0.39 is 0 Å². The SMILES string of the molecule is CCN(CC)c1ccc(NC(=O)CSc2nnc(-c3cccnc3)n2Cc2ccco2)cc1. The van der Waals surface area contributed by atoms with Gasteiger partial charge in [-0.3, -0.25) is 14.3 Å². The van der Waals surface area contributed by atoms with Crippen LogP contribution in [0.5, 0.6) is 0 Å². The van der Waals surface area contributed by atoms with Gasteiger partial charge >= 0.3 is 0 Å². The number of benzene rings is 1. The van der Waals surface area contributed by atoms with E-state index in [-0.39, 0.29) is 11.7 Å². The van der Waals surface area contributed by atoms with Crippen molar-refractivity contribution in [2.24, 2.45) is 0 Å². The Morgan fingerprint density at radius 3 is 2.58 bits per heavy atom. The summed E-state index contributed by atoms with van der Waals surface area (Å²) in [5.74, 6) is 1.56. The van der Waals surface area contributed by atoms with Crippen molar-refractivity contribution in [1.29, 1.82) is 0 Å². The number of aromatic nitrogens is 4. The molecule has 0 radical (unpaired) electrons. The molecule has 33 heavy (non-hydrogen) atoms. The maximum atomic E-state index is 12.6. The summed E-state index contributed by atoms with van der Waals surface area (Å²) in [6.45, 7) is 6.60. The monoisotopic (exact) mass is 462 g/mol. The molecule has 0 aliphatic rings. The second-order valence-corrected chi connectivity index (χ2v) is 8.21. The Labute approximate surface area is 197 Å². The number of hydrogen-bond acceptors (Lipinski definition) is 7. The predicted molar refractivity (Wildman–Crippen MR) is 130 cm³/mol. The fourth-order valence-electron chi connectivity index (χ4n) is 3.48. The maximum Gasteiger partial charge on any atom is 0.234 e. The molecule has 0 saturated heterocycles. The molecule has 8 nitrogen and oxygen atoms in total. The summed E-state index contributed by atoms with van der Waals surface area (Å²) < 4.78 is 7.45. The third kappa shape index (κ3) is 5.61. The van der Waals surface area contributed by atoms with Gasteiger partial charge in [-0.25, -0.2) is 0 Å². The molecule has 4 rings (SSSR count). The van der Waals surface area contributed by atoms with Gasteiger partial charge in [0.25, 0.3) is 0 Å². The first-order valence-electron chi connectivity index (χ1n) is 10.8. The summed E-state index contributed by atoms with van der Waals surface area (Å²) in [5, 5.41) is 12.3. The van der Waals surface area contributed by atoms with E-state index in [4.69, 9.17) is 4.42 Å². The lowest BCUT2D eigenvalue weighted by molar-refractivity contribution is -0.113. The fraction of sp³-hybridized carbons (Fsp3) is 0.250. The molecule has 3 heterocycles. The summed E-state index contributed by atoms with van der Waals surface area (Å²) in [4.78, 5) is 19.0. The van der Waals surface area contributed by atoms with Crippen molar-refractivity contribution < 1.29 is 9.21 Å². The van der Waals surface area contributed by atoms with E-state index in [0.717, 1.165) is 35.8 Å². The minimum absolute atomic E-state index is 0.105. The number of rotatable bonds is 10. The standard InChI is InChI=1S/C24H26N6O2S/c1-3-29(4-2)20-11-9-19(10-12-20)26-22(31)17-33-24-28-27-23(18-7-5-13-25-15-18)30(24)16-21-8-6-14-32-21/h5-15H,3-4,16-17H2,1-2H3,(H,26,31). The lowest BCUT2D eigenvalue weighted by Crippen LogP contribution is -2.21. The number of nitrogens with zero attached hydrogens (tertiary/aromatic N) is 5. The van der Waals surface area contributed by atoms with Gasteiger partial charge in [-0.05, 0) is 62.4 Å². The second-order valence-electron chi connectivity index (χ2n) is 7.27. The van der Waals surface area contributed by atoms with Crippen LogP contribution in [-0.2, 0) is 11.3 Å². The summed E-state index contributed by atoms with van der Waals surface area (Å²) in [5.41, 5.74) is 2.76. The molecule has 1 amide bonds. The molecule has 0 aliphatic heterocycles. The van der Waals surface area contributed by atoms with Crippen LogP contribution in [0.3, 0.4) is 0 Å². The highest BCUT2D eigenvalue weighted by Gasteiger charge is 2.17. The van der Waals surface area contributed by atoms with E-state index in [1.165, 1.54) is 11.8 Å². The quantitative estimate of drug-likeness (QED) is 0.346. The molecule has 9 heteroatoms. The van der Waals surface area contributed by atoms with Crippen LogP contribution >= 0.6 is 11.8 Å². The number of hydrogen-bond donors (Lipinski definition) is 1. The van der Waals surface area contributed by atoms with Crippen LogP contribution in [-0.4, -0.2) is 44.5 Å². The molecular formula is C24H26N6O2S. The zero-order chi connectivity index (χ0) is 23.0. The zero-order valence-electron chi connectivity index (χ0n) is 18.6. The van der Waals surface area contributed by atoms with Crippen molar-refractivity contribution >= 4 is 29.0 Å². The molecule has 4 aromatic rings. The van der Waals surface area contributed by atoms with E-state index >= 15 is 0 Å². The molecule has 0 atom stereocenters. The van der Waals surface area contributed by atoms with Crippen LogP contribution in [0.1, 0.15) is 19.6 Å². The van der Waals surface area contributed by atoms with Crippen molar-refractivity contribution in [3.8, 4) is 11.4 Å². The van der Waals surface area contributed by atoms with Crippen LogP contribution in [0.25, 0.3) is 11.4 Å². The van der Waals surface area contributed by atoms with Crippen LogP contribution < -0.4 is 10.2 Å². The largest absolute Gasteiger partial charge is 0.467 e. The van der Waals surface area contributed by atoms with E-state index in [2.05, 4.69) is 39.2 Å². The molecule has 170 valence electrons. The Kier molecular flexibility index (Phi) is 7.41. The van der Waals surface area contributed by atoms with Gasteiger partial charge in [-0.15, -0.1) is 10.2 Å². The molecule has 0 bridgehead atoms. The van der Waals surface area contributed by atoms with Gasteiger partial charge in [0.05, 0.1) is 18.6 Å². The fourth-order valence-corrected chi connectivity index (χ4v) is 4.21. The van der Waals surface area contributed by atoms with Gasteiger partial charge in [0, 0.05) is 42.4 Å². The summed E-state index contributed by atoms with van der Waals surface area (Å²) in [6, 6.07) is 15.4. The first-order valence-corrected chi connectivity index (χ1v) is 11.8. The van der Waals surface area contributed by atoms with Crippen molar-refractivity contribution in [2.45, 2.75) is 25.5 Å². The third-order valence-corrected chi connectivity index (χ3v) is 6.11. The highest BCUT2D eigenvalue weighted by molar-refractivity contribution is 7.99. The number of pyridine rings is 1. The lowest BCUT2D eigenvalue weighted by atomic mass is 10.2. The Morgan fingerprint density at radius 2 is 1.91 bits per heavy atom. The molecule has 0 aliphatic carbocycles. The van der Waals surface area contributed by atoms with Crippen LogP contribution in [0.15, 0.2) is 76.8 Å². The average Bonchev–Trinajstić information content (AvgIpc) is 3.50. The van der Waals surface area contributed by atoms with Gasteiger partial charge in [-0.1, -0.05) is 11.8 Å². The number of furan rings is 1. The van der Waals surface area contributed by atoms with E-state index in [0.29, 0.717) is 17.5 Å². The van der Waals surface area contributed by atoms with Crippen LogP contribution in [0.4, 0.5) is 11.4 Å². The highest BCUT2D eigenvalue weighted by atomic mass is 32.2. The maximum absolute atomic E-state index is 12.6. The first-order chi connectivity index (χ1) is 16.2. The number of anilines is 2. The number of thioether (sulfide) groups is 1. The van der Waals surface area contributed by atoms with Gasteiger partial charge < -0.3 is 14.6 Å². The number of nitrogens with one attached hydrogen (secondary N) is 1. The summed E-state index contributed by atoms with van der Waals surface area (Å²) in [6.07, 6.45) is 5.09. The van der Waals surface area contributed by atoms with Crippen molar-refractivity contribution in [3.05, 3.63) is 72.9 Å². The van der Waals surface area contributed by atoms with Crippen LogP contribution in [0, 0.1) is 0 Å². The Hall–Kier alpha value is -3.59. The molecule has 0 spiro atoms. The minimum Gasteiger partial charge on any atom is -0.467 e. The van der Waals surface area contributed by atoms with Gasteiger partial charge in [0.2, 0.25) is 5.91 Å². The molecule has 3 aromatic heterocycles. The summed E-state index contributed by atoms with van der Waals surface area (Å²) in [7, 11) is 0. The lowest BCUT2D eigenvalue weighted by Gasteiger charge is -2.21. The minimum atomic E-state index is -0.105. The van der Waals surface area contributed by atoms with E-state index in [1.807, 2.05) is 53.1 Å². The second kappa shape index (κ2) is 10.8. The summed E-state index contributed by atoms with van der Waals surface area (Å²) >= 11 is 1.33. The average molecular weight is 463 g/mol. The molecule has 0 saturated carbocycles. The van der Waals surface area contributed by atoms with Crippen molar-refractivity contribution in [2.75, 3.05) is 29.1 Å². The number of carbonyl (C=O) groups excluding carboxylic acids is 1. The smallest absolute Gasteiger partial charge is 0.234 e. The first kappa shape index (κ1) is 22.6. The molecule has 1 N–H and O–H groups in total. The molecular weight excluding hydrogens is 436 g/mol. The van der Waals surface area contributed by atoms with Crippen molar-refractivity contribution in [1.82, 2.24) is 19.7 Å². The van der Waals surface area contributed by atoms with Gasteiger partial charge in [0.1, 0.15) is 5.76 Å². The molecule has 0 unspecified atom stereocenters. The van der Waals surface area contributed by atoms with E-state index in [1.54, 1.807) is 18.7 Å². The predicted octanol–water partition coefficient (Wildman–Crippen LogP) is 4.56. The Morgan fingerprint density at radius 1 is 1.09 bits per heavy atom. The highest BCUT2D eigenvalue weighted by Crippen LogP contribution is 2.25. The Balaban J connectivity index is 1.44. The van der Waals surface area contributed by atoms with Crippen LogP contribution in [0.2, 0.25) is 0 Å². The molecule has 0 fully saturated rings. The van der Waals surface area contributed by atoms with Gasteiger partial charge in [-0.2, -0.15) is 0 Å². The molecule has 1 aromatic carbocycles. The Bertz CT molecular complexity index is 1160. The number of amides is 1. The third-order valence-electron chi connectivity index (χ3n) is 5.14. The van der Waals surface area contributed by atoms with E-state index in [9.17, 15) is 4.79 Å².